The van der Waals surface area contributed by atoms with Crippen molar-refractivity contribution in [2.45, 2.75) is 6.42 Å². The number of alkyl halides is 1. The van der Waals surface area contributed by atoms with Gasteiger partial charge in [-0.25, -0.2) is 9.97 Å². The Morgan fingerprint density at radius 2 is 2.31 bits per heavy atom. The molecule has 4 nitrogen and oxygen atoms in total. The van der Waals surface area contributed by atoms with Crippen molar-refractivity contribution in [1.82, 2.24) is 9.97 Å². The van der Waals surface area contributed by atoms with Crippen molar-refractivity contribution < 1.29 is 4.79 Å². The zero-order valence-corrected chi connectivity index (χ0v) is 11.3. The predicted molar refractivity (Wildman–Crippen MR) is 65.9 cm³/mol. The summed E-state index contributed by atoms with van der Waals surface area (Å²) in [5.41, 5.74) is 0. The molecule has 2 heterocycles. The van der Waals surface area contributed by atoms with Crippen LogP contribution in [0.1, 0.15) is 6.42 Å². The molecule has 0 aromatic carbocycles. The van der Waals surface area contributed by atoms with Gasteiger partial charge in [0.1, 0.15) is 11.5 Å². The average Bonchev–Trinajstić information content (AvgIpc) is 2.64. The molecule has 1 atom stereocenters. The Morgan fingerprint density at radius 3 is 2.94 bits per heavy atom. The Hall–Kier alpha value is -0.390. The first-order valence-corrected chi connectivity index (χ1v) is 6.36. The van der Waals surface area contributed by atoms with Gasteiger partial charge in [-0.1, -0.05) is 11.6 Å². The molecule has 0 aliphatic carbocycles. The normalized spacial score (nSPS) is 20.6. The second-order valence-electron chi connectivity index (χ2n) is 3.53. The zero-order valence-electron chi connectivity index (χ0n) is 8.16. The molecule has 2 rings (SSSR count). The van der Waals surface area contributed by atoms with Gasteiger partial charge in [-0.05, 0) is 21.8 Å². The van der Waals surface area contributed by atoms with Crippen LogP contribution in [0.4, 0.5) is 5.82 Å². The second-order valence-corrected chi connectivity index (χ2v) is 4.99. The molecule has 0 saturated carbocycles. The Kier molecular flexibility index (Phi) is 3.66. The SMILES string of the molecule is O=C1CC(CCl)CN1c1ncnc(Cl)c1Br. The number of aromatic nitrogens is 2. The fourth-order valence-corrected chi connectivity index (χ4v) is 2.37. The number of carbonyl (C=O) groups is 1. The van der Waals surface area contributed by atoms with E-state index in [1.807, 2.05) is 0 Å². The molecule has 0 radical (unpaired) electrons. The van der Waals surface area contributed by atoms with Crippen LogP contribution in [0.15, 0.2) is 10.8 Å². The molecule has 0 N–H and O–H groups in total. The molecule has 7 heteroatoms. The van der Waals surface area contributed by atoms with Crippen molar-refractivity contribution in [1.29, 1.82) is 0 Å². The quantitative estimate of drug-likeness (QED) is 0.620. The van der Waals surface area contributed by atoms with E-state index < -0.39 is 0 Å². The van der Waals surface area contributed by atoms with Crippen molar-refractivity contribution in [2.24, 2.45) is 5.92 Å². The van der Waals surface area contributed by atoms with E-state index in [4.69, 9.17) is 23.2 Å². The molecule has 16 heavy (non-hydrogen) atoms. The van der Waals surface area contributed by atoms with Crippen LogP contribution in [-0.2, 0) is 4.79 Å². The fraction of sp³-hybridized carbons (Fsp3) is 0.444. The largest absolute Gasteiger partial charge is 0.295 e. The summed E-state index contributed by atoms with van der Waals surface area (Å²) in [6, 6.07) is 0. The van der Waals surface area contributed by atoms with Crippen LogP contribution in [0.25, 0.3) is 0 Å². The van der Waals surface area contributed by atoms with Crippen molar-refractivity contribution in [3.8, 4) is 0 Å². The standard InChI is InChI=1S/C9H8BrCl2N3O/c10-7-8(12)13-4-14-9(7)15-3-5(2-11)1-6(15)16/h4-5H,1-3H2. The van der Waals surface area contributed by atoms with E-state index in [0.717, 1.165) is 0 Å². The van der Waals surface area contributed by atoms with Gasteiger partial charge in [0.25, 0.3) is 0 Å². The van der Waals surface area contributed by atoms with Gasteiger partial charge in [0.05, 0.1) is 4.47 Å². The highest BCUT2D eigenvalue weighted by molar-refractivity contribution is 9.10. The highest BCUT2D eigenvalue weighted by Gasteiger charge is 2.32. The highest BCUT2D eigenvalue weighted by Crippen LogP contribution is 2.33. The number of hydrogen-bond donors (Lipinski definition) is 0. The summed E-state index contributed by atoms with van der Waals surface area (Å²) in [5.74, 6) is 1.17. The lowest BCUT2D eigenvalue weighted by molar-refractivity contribution is -0.117. The molecule has 0 spiro atoms. The van der Waals surface area contributed by atoms with Gasteiger partial charge >= 0.3 is 0 Å². The number of hydrogen-bond acceptors (Lipinski definition) is 3. The van der Waals surface area contributed by atoms with Gasteiger partial charge in [0, 0.05) is 18.8 Å². The van der Waals surface area contributed by atoms with Gasteiger partial charge in [0.2, 0.25) is 5.91 Å². The maximum absolute atomic E-state index is 11.8. The van der Waals surface area contributed by atoms with Crippen molar-refractivity contribution >= 4 is 50.9 Å². The van der Waals surface area contributed by atoms with Crippen LogP contribution in [0.5, 0.6) is 0 Å². The van der Waals surface area contributed by atoms with Gasteiger partial charge in [-0.15, -0.1) is 11.6 Å². The van der Waals surface area contributed by atoms with Crippen LogP contribution in [0.2, 0.25) is 5.15 Å². The first kappa shape index (κ1) is 12.1. The van der Waals surface area contributed by atoms with E-state index in [0.29, 0.717) is 34.3 Å². The molecular formula is C9H8BrCl2N3O. The smallest absolute Gasteiger partial charge is 0.228 e. The molecule has 1 amide bonds. The van der Waals surface area contributed by atoms with E-state index in [2.05, 4.69) is 25.9 Å². The Balaban J connectivity index is 2.31. The molecular weight excluding hydrogens is 317 g/mol. The molecule has 1 aliphatic heterocycles. The minimum Gasteiger partial charge on any atom is -0.295 e. The summed E-state index contributed by atoms with van der Waals surface area (Å²) >= 11 is 14.9. The number of amides is 1. The maximum Gasteiger partial charge on any atom is 0.228 e. The molecule has 1 unspecified atom stereocenters. The molecule has 1 aromatic rings. The molecule has 0 bridgehead atoms. The molecule has 1 fully saturated rings. The summed E-state index contributed by atoms with van der Waals surface area (Å²) in [6.07, 6.45) is 1.79. The van der Waals surface area contributed by atoms with E-state index >= 15 is 0 Å². The lowest BCUT2D eigenvalue weighted by Gasteiger charge is -2.16. The maximum atomic E-state index is 11.8. The number of carbonyl (C=O) groups excluding carboxylic acids is 1. The predicted octanol–water partition coefficient (Wildman–Crippen LogP) is 2.48. The van der Waals surface area contributed by atoms with Crippen molar-refractivity contribution in [3.63, 3.8) is 0 Å². The van der Waals surface area contributed by atoms with E-state index in [9.17, 15) is 4.79 Å². The van der Waals surface area contributed by atoms with E-state index in [-0.39, 0.29) is 11.8 Å². The molecule has 1 aromatic heterocycles. The Morgan fingerprint density at radius 1 is 1.56 bits per heavy atom. The van der Waals surface area contributed by atoms with E-state index in [1.54, 1.807) is 4.90 Å². The molecule has 1 saturated heterocycles. The first-order valence-electron chi connectivity index (χ1n) is 4.65. The molecule has 86 valence electrons. The summed E-state index contributed by atoms with van der Waals surface area (Å²) in [6.45, 7) is 0.578. The third-order valence-corrected chi connectivity index (χ3v) is 4.09. The second kappa shape index (κ2) is 4.85. The van der Waals surface area contributed by atoms with Crippen LogP contribution >= 0.6 is 39.1 Å². The number of rotatable bonds is 2. The van der Waals surface area contributed by atoms with Crippen molar-refractivity contribution in [2.75, 3.05) is 17.3 Å². The lowest BCUT2D eigenvalue weighted by atomic mass is 10.1. The average molecular weight is 325 g/mol. The first-order chi connectivity index (χ1) is 7.63. The summed E-state index contributed by atoms with van der Waals surface area (Å²) in [5, 5.41) is 0.298. The van der Waals surface area contributed by atoms with Crippen LogP contribution in [0, 0.1) is 5.92 Å². The fourth-order valence-electron chi connectivity index (χ4n) is 1.62. The van der Waals surface area contributed by atoms with Crippen LogP contribution in [0.3, 0.4) is 0 Å². The Bertz CT molecular complexity index is 429. The monoisotopic (exact) mass is 323 g/mol. The van der Waals surface area contributed by atoms with Crippen LogP contribution in [-0.4, -0.2) is 28.3 Å². The van der Waals surface area contributed by atoms with Crippen molar-refractivity contribution in [3.05, 3.63) is 16.0 Å². The van der Waals surface area contributed by atoms with Gasteiger partial charge < -0.3 is 0 Å². The minimum absolute atomic E-state index is 0.0149. The number of anilines is 1. The topological polar surface area (TPSA) is 46.1 Å². The van der Waals surface area contributed by atoms with Gasteiger partial charge in [-0.2, -0.15) is 0 Å². The molecule has 1 aliphatic rings. The van der Waals surface area contributed by atoms with Crippen LogP contribution < -0.4 is 4.90 Å². The highest BCUT2D eigenvalue weighted by atomic mass is 79.9. The van der Waals surface area contributed by atoms with Gasteiger partial charge in [0.15, 0.2) is 5.82 Å². The zero-order chi connectivity index (χ0) is 11.7. The Labute approximate surface area is 111 Å². The number of nitrogens with zero attached hydrogens (tertiary/aromatic N) is 3. The van der Waals surface area contributed by atoms with E-state index in [1.165, 1.54) is 6.33 Å². The summed E-state index contributed by atoms with van der Waals surface area (Å²) in [7, 11) is 0. The number of halogens is 3. The third-order valence-electron chi connectivity index (χ3n) is 2.41. The third kappa shape index (κ3) is 2.17. The summed E-state index contributed by atoms with van der Waals surface area (Å²) < 4.78 is 0.542. The minimum atomic E-state index is 0.0149. The summed E-state index contributed by atoms with van der Waals surface area (Å²) in [4.78, 5) is 21.2. The van der Waals surface area contributed by atoms with Gasteiger partial charge in [-0.3, -0.25) is 9.69 Å². The lowest BCUT2D eigenvalue weighted by Crippen LogP contribution is -2.26.